The van der Waals surface area contributed by atoms with E-state index < -0.39 is 31.6 Å². The van der Waals surface area contributed by atoms with E-state index in [2.05, 4.69) is 10.3 Å². The number of anilines is 5. The van der Waals surface area contributed by atoms with Crippen LogP contribution in [0.15, 0.2) is 146 Å². The Labute approximate surface area is 393 Å². The molecule has 11 rings (SSSR count). The van der Waals surface area contributed by atoms with Crippen LogP contribution < -0.4 is 24.2 Å². The van der Waals surface area contributed by atoms with Crippen molar-refractivity contribution in [1.82, 2.24) is 15.0 Å². The molecule has 4 aliphatic rings. The molecule has 6 aromatic carbocycles. The number of nitrogens with zero attached hydrogens (tertiary/aromatic N) is 6. The molecule has 5 heterocycles. The van der Waals surface area contributed by atoms with Crippen molar-refractivity contribution in [3.8, 4) is 23.0 Å². The molecule has 15 heteroatoms. The van der Waals surface area contributed by atoms with Crippen molar-refractivity contribution in [2.75, 3.05) is 21.3 Å². The van der Waals surface area contributed by atoms with E-state index in [1.165, 1.54) is 0 Å². The molecule has 1 fully saturated rings. The van der Waals surface area contributed by atoms with Gasteiger partial charge in [-0.05, 0) is 104 Å². The first-order chi connectivity index (χ1) is 32.9. The zero-order valence-corrected chi connectivity index (χ0v) is 38.6. The van der Waals surface area contributed by atoms with Crippen LogP contribution >= 0.6 is 0 Å². The van der Waals surface area contributed by atoms with Crippen LogP contribution in [0.1, 0.15) is 50.9 Å². The molecular formula is C53H47FN6O7Si. The number of aromatic nitrogens is 3. The van der Waals surface area contributed by atoms with E-state index in [-0.39, 0.29) is 30.9 Å². The Morgan fingerprint density at radius 1 is 0.706 bits per heavy atom. The van der Waals surface area contributed by atoms with E-state index in [1.54, 1.807) is 75.1 Å². The van der Waals surface area contributed by atoms with Crippen molar-refractivity contribution in [3.63, 3.8) is 0 Å². The Kier molecular flexibility index (Phi) is 10.6. The van der Waals surface area contributed by atoms with Gasteiger partial charge in [-0.15, -0.1) is 5.10 Å². The van der Waals surface area contributed by atoms with Gasteiger partial charge < -0.3 is 28.3 Å². The van der Waals surface area contributed by atoms with Gasteiger partial charge >= 0.3 is 0 Å². The quantitative estimate of drug-likeness (QED) is 0.105. The lowest BCUT2D eigenvalue weighted by molar-refractivity contribution is -0.146. The molecule has 4 aliphatic heterocycles. The monoisotopic (exact) mass is 926 g/mol. The largest absolute Gasteiger partial charge is 0.454 e. The molecule has 1 aromatic heterocycles. The summed E-state index contributed by atoms with van der Waals surface area (Å²) in [5.74, 6) is 0.275. The lowest BCUT2D eigenvalue weighted by Gasteiger charge is -2.31. The number of para-hydroxylation sites is 6. The van der Waals surface area contributed by atoms with Gasteiger partial charge in [-0.1, -0.05) is 72.8 Å². The first kappa shape index (κ1) is 43.1. The summed E-state index contributed by atoms with van der Waals surface area (Å²) in [4.78, 5) is 49.9. The molecule has 13 nitrogen and oxygen atoms in total. The Hall–Kier alpha value is -7.46. The molecule has 7 aromatic rings. The second-order valence-electron chi connectivity index (χ2n) is 18.2. The third-order valence-electron chi connectivity index (χ3n) is 13.6. The molecule has 0 radical (unpaired) electrons. The summed E-state index contributed by atoms with van der Waals surface area (Å²) in [7, 11) is -3.58. The molecule has 0 saturated carbocycles. The number of rotatable bonds is 10. The van der Waals surface area contributed by atoms with Gasteiger partial charge in [-0.25, -0.2) is 0 Å². The SMILES string of the molecule is C[C@@H]1[C@@H]([Si](C)(C)F)[C@H](CCn2cc(CCO)nn2)O[C@@]12C(=O)N(Cc1cccc(N3C(=O)c4ccccc4Oc4ccccc43)c1)c1ccc(N3C(=O)c4ccccc4Oc4ccccc43)cc12. The highest BCUT2D eigenvalue weighted by Gasteiger charge is 2.66. The van der Waals surface area contributed by atoms with Gasteiger partial charge in [-0.3, -0.25) is 28.9 Å². The average Bonchev–Trinajstić information content (AvgIpc) is 3.92. The Morgan fingerprint density at radius 2 is 1.29 bits per heavy atom. The van der Waals surface area contributed by atoms with Crippen LogP contribution in [-0.2, 0) is 34.6 Å². The summed E-state index contributed by atoms with van der Waals surface area (Å²) in [6.07, 6.45) is 1.77. The van der Waals surface area contributed by atoms with Crippen molar-refractivity contribution >= 4 is 54.6 Å². The molecule has 4 atom stereocenters. The van der Waals surface area contributed by atoms with Gasteiger partial charge in [0.15, 0.2) is 17.1 Å². The second kappa shape index (κ2) is 16.7. The maximum absolute atomic E-state index is 17.0. The zero-order valence-electron chi connectivity index (χ0n) is 37.6. The smallest absolute Gasteiger partial charge is 0.266 e. The van der Waals surface area contributed by atoms with Gasteiger partial charge in [0.05, 0.1) is 46.5 Å². The van der Waals surface area contributed by atoms with Crippen molar-refractivity contribution in [2.24, 2.45) is 5.92 Å². The number of aliphatic hydroxyl groups excluding tert-OH is 1. The normalized spacial score (nSPS) is 20.5. The predicted molar refractivity (Wildman–Crippen MR) is 256 cm³/mol. The fourth-order valence-electron chi connectivity index (χ4n) is 10.6. The topological polar surface area (TPSA) is 140 Å². The van der Waals surface area contributed by atoms with E-state index in [0.29, 0.717) is 93.2 Å². The van der Waals surface area contributed by atoms with Crippen LogP contribution in [-0.4, -0.2) is 58.9 Å². The number of carbonyl (C=O) groups excluding carboxylic acids is 3. The number of hydrogen-bond donors (Lipinski definition) is 1. The molecule has 3 amide bonds. The van der Waals surface area contributed by atoms with Gasteiger partial charge in [-0.2, -0.15) is 0 Å². The van der Waals surface area contributed by atoms with E-state index in [9.17, 15) is 14.7 Å². The molecule has 0 unspecified atom stereocenters. The molecular weight excluding hydrogens is 880 g/mol. The van der Waals surface area contributed by atoms with Gasteiger partial charge in [0.2, 0.25) is 8.41 Å². The first-order valence-corrected chi connectivity index (χ1v) is 25.7. The van der Waals surface area contributed by atoms with E-state index in [4.69, 9.17) is 14.2 Å². The van der Waals surface area contributed by atoms with Crippen molar-refractivity contribution < 1.29 is 37.8 Å². The summed E-state index contributed by atoms with van der Waals surface area (Å²) in [5.41, 5.74) is 3.07. The molecule has 0 bridgehead atoms. The first-order valence-electron chi connectivity index (χ1n) is 22.8. The number of carbonyl (C=O) groups is 3. The predicted octanol–water partition coefficient (Wildman–Crippen LogP) is 10.4. The highest BCUT2D eigenvalue weighted by molar-refractivity contribution is 6.72. The number of aliphatic hydroxyl groups is 1. The lowest BCUT2D eigenvalue weighted by atomic mass is 9.82. The summed E-state index contributed by atoms with van der Waals surface area (Å²) < 4.78 is 38.5. The fraction of sp³-hybridized carbons (Fsp3) is 0.226. The van der Waals surface area contributed by atoms with Crippen LogP contribution in [0.5, 0.6) is 23.0 Å². The molecule has 1 spiro atoms. The van der Waals surface area contributed by atoms with Crippen LogP contribution in [0.3, 0.4) is 0 Å². The van der Waals surface area contributed by atoms with Crippen molar-refractivity contribution in [2.45, 2.75) is 63.2 Å². The van der Waals surface area contributed by atoms with Gasteiger partial charge in [0.25, 0.3) is 17.7 Å². The zero-order chi connectivity index (χ0) is 46.9. The Balaban J connectivity index is 1.02. The molecule has 68 heavy (non-hydrogen) atoms. The third-order valence-corrected chi connectivity index (χ3v) is 16.1. The Morgan fingerprint density at radius 3 is 1.91 bits per heavy atom. The summed E-state index contributed by atoms with van der Waals surface area (Å²) >= 11 is 0. The molecule has 1 saturated heterocycles. The number of aryl methyl sites for hydroxylation is 1. The van der Waals surface area contributed by atoms with Gasteiger partial charge in [0, 0.05) is 54.2 Å². The third kappa shape index (κ3) is 7.07. The molecule has 0 aliphatic carbocycles. The van der Waals surface area contributed by atoms with Crippen molar-refractivity contribution in [3.05, 3.63) is 174 Å². The second-order valence-corrected chi connectivity index (χ2v) is 22.0. The van der Waals surface area contributed by atoms with E-state index in [0.717, 1.165) is 5.56 Å². The highest BCUT2D eigenvalue weighted by atomic mass is 28.4. The van der Waals surface area contributed by atoms with Crippen molar-refractivity contribution in [1.29, 1.82) is 0 Å². The van der Waals surface area contributed by atoms with Crippen LogP contribution in [0.4, 0.5) is 32.5 Å². The number of hydrogen-bond acceptors (Lipinski definition) is 9. The highest BCUT2D eigenvalue weighted by Crippen LogP contribution is 2.61. The summed E-state index contributed by atoms with van der Waals surface area (Å²) in [6, 6.07) is 41.9. The number of fused-ring (bicyclic) bond motifs is 6. The standard InChI is InChI=1S/C53H47FN6O7Si/c1-33-49(68(2,3)54)48(25-27-57-32-35(26-28-61)55-56-57)67-53(33)40-30-37(60-43-18-7-11-22-47(43)66-45-20-9-5-16-39(45)51(60)63)23-24-41(40)58(52(53)64)31-34-13-12-14-36(29-34)59-42-17-6-10-21-46(42)65-44-19-8-4-15-38(44)50(59)62/h4-24,29-30,32-33,48-49,61H,25-28,31H2,1-3H3/t33-,48+,49-,53+/m1/s1. The maximum Gasteiger partial charge on any atom is 0.266 e. The molecule has 1 N–H and O–H groups in total. The Bertz CT molecular complexity index is 3160. The maximum atomic E-state index is 17.0. The molecule has 342 valence electrons. The van der Waals surface area contributed by atoms with Crippen LogP contribution in [0, 0.1) is 5.92 Å². The average molecular weight is 927 g/mol. The van der Waals surface area contributed by atoms with E-state index >= 15 is 8.90 Å². The minimum absolute atomic E-state index is 0.0690. The minimum Gasteiger partial charge on any atom is -0.454 e. The summed E-state index contributed by atoms with van der Waals surface area (Å²) in [5, 5.41) is 17.9. The number of ether oxygens (including phenoxy) is 3. The lowest BCUT2D eigenvalue weighted by Crippen LogP contribution is -2.45. The van der Waals surface area contributed by atoms with Crippen LogP contribution in [0.25, 0.3) is 0 Å². The minimum atomic E-state index is -3.58. The van der Waals surface area contributed by atoms with Gasteiger partial charge in [0.1, 0.15) is 11.5 Å². The number of halogens is 1. The fourth-order valence-corrected chi connectivity index (χ4v) is 13.2. The number of amides is 3. The number of benzene rings is 6. The van der Waals surface area contributed by atoms with E-state index in [1.807, 2.05) is 110 Å². The summed E-state index contributed by atoms with van der Waals surface area (Å²) in [6.45, 7) is 5.59. The van der Waals surface area contributed by atoms with Crippen LogP contribution in [0.2, 0.25) is 18.6 Å².